The molecule has 0 saturated heterocycles. The molecule has 0 radical (unpaired) electrons. The van der Waals surface area contributed by atoms with Gasteiger partial charge in [0.2, 0.25) is 0 Å². The number of hydrogen-bond acceptors (Lipinski definition) is 4. The Morgan fingerprint density at radius 1 is 1.33 bits per heavy atom. The van der Waals surface area contributed by atoms with E-state index in [0.717, 1.165) is 4.57 Å². The van der Waals surface area contributed by atoms with Crippen molar-refractivity contribution >= 4 is 27.5 Å². The van der Waals surface area contributed by atoms with Crippen LogP contribution in [0.2, 0.25) is 0 Å². The van der Waals surface area contributed by atoms with Crippen LogP contribution in [0.5, 0.6) is 0 Å². The molecule has 21 heavy (non-hydrogen) atoms. The van der Waals surface area contributed by atoms with Crippen LogP contribution in [-0.4, -0.2) is 20.6 Å². The summed E-state index contributed by atoms with van der Waals surface area (Å²) in [7, 11) is 0. The predicted octanol–water partition coefficient (Wildman–Crippen LogP) is 2.35. The molecule has 0 saturated carbocycles. The summed E-state index contributed by atoms with van der Waals surface area (Å²) in [5.74, 6) is -1.48. The Morgan fingerprint density at radius 3 is 2.71 bits per heavy atom. The highest BCUT2D eigenvalue weighted by Gasteiger charge is 2.14. The number of carbonyl (C=O) groups is 1. The van der Waals surface area contributed by atoms with E-state index in [1.165, 1.54) is 29.8 Å². The molecule has 7 heteroatoms. The summed E-state index contributed by atoms with van der Waals surface area (Å²) < 4.78 is 14.0. The van der Waals surface area contributed by atoms with Crippen LogP contribution >= 0.6 is 11.3 Å². The molecule has 0 atom stereocenters. The molecule has 0 unspecified atom stereocenters. The van der Waals surface area contributed by atoms with E-state index in [1.807, 2.05) is 0 Å². The highest BCUT2D eigenvalue weighted by molar-refractivity contribution is 7.17. The number of fused-ring (bicyclic) bond motifs is 1. The van der Waals surface area contributed by atoms with Crippen molar-refractivity contribution < 1.29 is 14.3 Å². The van der Waals surface area contributed by atoms with Gasteiger partial charge in [0.15, 0.2) is 0 Å². The largest absolute Gasteiger partial charge is 0.480 e. The zero-order valence-corrected chi connectivity index (χ0v) is 11.4. The maximum Gasteiger partial charge on any atom is 0.323 e. The van der Waals surface area contributed by atoms with E-state index in [4.69, 9.17) is 5.11 Å². The van der Waals surface area contributed by atoms with Gasteiger partial charge in [-0.25, -0.2) is 9.37 Å². The van der Waals surface area contributed by atoms with Crippen LogP contribution in [-0.2, 0) is 11.3 Å². The summed E-state index contributed by atoms with van der Waals surface area (Å²) >= 11 is 1.29. The highest BCUT2D eigenvalue weighted by atomic mass is 32.1. The smallest absolute Gasteiger partial charge is 0.323 e. The first kappa shape index (κ1) is 13.4. The van der Waals surface area contributed by atoms with Gasteiger partial charge in [-0.15, -0.1) is 11.3 Å². The van der Waals surface area contributed by atoms with Crippen LogP contribution in [0.1, 0.15) is 0 Å². The molecule has 2 heterocycles. The van der Waals surface area contributed by atoms with Crippen LogP contribution in [0, 0.1) is 5.82 Å². The Bertz CT molecular complexity index is 883. The number of hydrogen-bond donors (Lipinski definition) is 1. The third-order valence-corrected chi connectivity index (χ3v) is 3.91. The second-order valence-electron chi connectivity index (χ2n) is 4.41. The molecule has 0 fully saturated rings. The van der Waals surface area contributed by atoms with Gasteiger partial charge in [-0.1, -0.05) is 12.1 Å². The van der Waals surface area contributed by atoms with Gasteiger partial charge in [-0.05, 0) is 17.7 Å². The molecule has 5 nitrogen and oxygen atoms in total. The molecule has 1 aromatic carbocycles. The lowest BCUT2D eigenvalue weighted by molar-refractivity contribution is -0.137. The first-order valence-electron chi connectivity index (χ1n) is 6.00. The Morgan fingerprint density at radius 2 is 2.05 bits per heavy atom. The van der Waals surface area contributed by atoms with Crippen molar-refractivity contribution in [3.05, 3.63) is 52.1 Å². The standard InChI is InChI=1S/C14H9FN2O3S/c15-9-3-1-8(2-4-9)10-6-21-13-12(10)14(20)17(7-16-13)5-11(18)19/h1-4,6-7H,5H2,(H,18,19). The molecule has 0 bridgehead atoms. The van der Waals surface area contributed by atoms with Gasteiger partial charge in [0.25, 0.3) is 5.56 Å². The molecule has 0 aliphatic carbocycles. The quantitative estimate of drug-likeness (QED) is 0.806. The molecule has 0 spiro atoms. The van der Waals surface area contributed by atoms with E-state index in [0.29, 0.717) is 21.3 Å². The lowest BCUT2D eigenvalue weighted by Crippen LogP contribution is -2.24. The third-order valence-electron chi connectivity index (χ3n) is 3.02. The minimum atomic E-state index is -1.11. The zero-order chi connectivity index (χ0) is 15.0. The van der Waals surface area contributed by atoms with Crippen molar-refractivity contribution in [3.63, 3.8) is 0 Å². The van der Waals surface area contributed by atoms with E-state index >= 15 is 0 Å². The molecule has 0 aliphatic rings. The summed E-state index contributed by atoms with van der Waals surface area (Å²) in [5, 5.41) is 10.9. The van der Waals surface area contributed by atoms with Crippen molar-refractivity contribution in [2.75, 3.05) is 0 Å². The lowest BCUT2D eigenvalue weighted by atomic mass is 10.1. The van der Waals surface area contributed by atoms with Gasteiger partial charge in [0, 0.05) is 10.9 Å². The van der Waals surface area contributed by atoms with E-state index in [9.17, 15) is 14.0 Å². The molecule has 3 rings (SSSR count). The molecular formula is C14H9FN2O3S. The molecule has 106 valence electrons. The van der Waals surface area contributed by atoms with Gasteiger partial charge in [-0.3, -0.25) is 14.2 Å². The Balaban J connectivity index is 2.22. The van der Waals surface area contributed by atoms with E-state index in [-0.39, 0.29) is 5.82 Å². The van der Waals surface area contributed by atoms with Crippen molar-refractivity contribution in [2.45, 2.75) is 6.54 Å². The van der Waals surface area contributed by atoms with Gasteiger partial charge < -0.3 is 5.11 Å². The average Bonchev–Trinajstić information content (AvgIpc) is 2.87. The first-order chi connectivity index (χ1) is 10.1. The van der Waals surface area contributed by atoms with Gasteiger partial charge in [0.05, 0.1) is 11.7 Å². The molecule has 0 aliphatic heterocycles. The van der Waals surface area contributed by atoms with Gasteiger partial charge in [-0.2, -0.15) is 0 Å². The van der Waals surface area contributed by atoms with E-state index in [1.54, 1.807) is 17.5 Å². The van der Waals surface area contributed by atoms with Crippen LogP contribution in [0.3, 0.4) is 0 Å². The Labute approximate surface area is 121 Å². The molecule has 1 N–H and O–H groups in total. The highest BCUT2D eigenvalue weighted by Crippen LogP contribution is 2.30. The van der Waals surface area contributed by atoms with Crippen molar-refractivity contribution in [1.29, 1.82) is 0 Å². The van der Waals surface area contributed by atoms with Crippen molar-refractivity contribution in [1.82, 2.24) is 9.55 Å². The minimum absolute atomic E-state index is 0.357. The minimum Gasteiger partial charge on any atom is -0.480 e. The predicted molar refractivity (Wildman–Crippen MR) is 76.9 cm³/mol. The third kappa shape index (κ3) is 2.43. The fraction of sp³-hybridized carbons (Fsp3) is 0.0714. The van der Waals surface area contributed by atoms with Crippen LogP contribution in [0.4, 0.5) is 4.39 Å². The molecule has 2 aromatic heterocycles. The molecule has 3 aromatic rings. The summed E-state index contributed by atoms with van der Waals surface area (Å²) in [5.41, 5.74) is 0.907. The number of benzene rings is 1. The van der Waals surface area contributed by atoms with Crippen molar-refractivity contribution in [2.24, 2.45) is 0 Å². The first-order valence-corrected chi connectivity index (χ1v) is 6.88. The average molecular weight is 304 g/mol. The summed E-state index contributed by atoms with van der Waals surface area (Å²) in [6.45, 7) is -0.444. The number of aromatic nitrogens is 2. The second-order valence-corrected chi connectivity index (χ2v) is 5.27. The monoisotopic (exact) mass is 304 g/mol. The van der Waals surface area contributed by atoms with Crippen LogP contribution < -0.4 is 5.56 Å². The number of carboxylic acid groups (broad SMARTS) is 1. The number of aliphatic carboxylic acids is 1. The number of thiophene rings is 1. The summed E-state index contributed by atoms with van der Waals surface area (Å²) in [6, 6.07) is 5.77. The maximum atomic E-state index is 13.0. The van der Waals surface area contributed by atoms with Crippen LogP contribution in [0.15, 0.2) is 40.8 Å². The topological polar surface area (TPSA) is 72.2 Å². The van der Waals surface area contributed by atoms with Crippen molar-refractivity contribution in [3.8, 4) is 11.1 Å². The zero-order valence-electron chi connectivity index (χ0n) is 10.6. The fourth-order valence-corrected chi connectivity index (χ4v) is 2.97. The second kappa shape index (κ2) is 5.10. The molecule has 0 amide bonds. The number of carboxylic acids is 1. The van der Waals surface area contributed by atoms with E-state index < -0.39 is 18.1 Å². The number of nitrogens with zero attached hydrogens (tertiary/aromatic N) is 2. The lowest BCUT2D eigenvalue weighted by Gasteiger charge is -2.03. The fourth-order valence-electron chi connectivity index (χ4n) is 2.07. The number of halogens is 1. The number of rotatable bonds is 3. The SMILES string of the molecule is O=C(O)Cn1cnc2scc(-c3ccc(F)cc3)c2c1=O. The maximum absolute atomic E-state index is 13.0. The summed E-state index contributed by atoms with van der Waals surface area (Å²) in [4.78, 5) is 27.8. The Hall–Kier alpha value is -2.54. The molecular weight excluding hydrogens is 295 g/mol. The van der Waals surface area contributed by atoms with E-state index in [2.05, 4.69) is 4.98 Å². The Kier molecular flexibility index (Phi) is 3.26. The summed E-state index contributed by atoms with van der Waals surface area (Å²) in [6.07, 6.45) is 1.23. The normalized spacial score (nSPS) is 10.9. The van der Waals surface area contributed by atoms with Gasteiger partial charge in [0.1, 0.15) is 17.2 Å². The van der Waals surface area contributed by atoms with Crippen LogP contribution in [0.25, 0.3) is 21.3 Å². The van der Waals surface area contributed by atoms with Gasteiger partial charge >= 0.3 is 5.97 Å².